The minimum Gasteiger partial charge on any atom is -0.368 e. The average Bonchev–Trinajstić information content (AvgIpc) is 3.09. The summed E-state index contributed by atoms with van der Waals surface area (Å²) in [5.74, 6) is 0.930. The second-order valence-electron chi connectivity index (χ2n) is 7.35. The van der Waals surface area contributed by atoms with Crippen molar-refractivity contribution in [2.45, 2.75) is 6.92 Å². The van der Waals surface area contributed by atoms with E-state index in [1.807, 2.05) is 24.3 Å². The number of aromatic nitrogens is 2. The maximum absolute atomic E-state index is 6.33. The quantitative estimate of drug-likeness (QED) is 0.340. The number of thiophene rings is 1. The Bertz CT molecular complexity index is 1200. The Labute approximate surface area is 189 Å². The summed E-state index contributed by atoms with van der Waals surface area (Å²) in [6, 6.07) is 18.5. The van der Waals surface area contributed by atoms with Gasteiger partial charge in [-0.15, -0.1) is 11.3 Å². The minimum absolute atomic E-state index is 0.302. The van der Waals surface area contributed by atoms with E-state index < -0.39 is 0 Å². The lowest BCUT2D eigenvalue weighted by Gasteiger charge is -2.37. The van der Waals surface area contributed by atoms with Gasteiger partial charge in [-0.1, -0.05) is 48.0 Å². The molecule has 0 spiro atoms. The van der Waals surface area contributed by atoms with Crippen LogP contribution in [-0.2, 0) is 0 Å². The Morgan fingerprint density at radius 2 is 1.60 bits per heavy atom. The van der Waals surface area contributed by atoms with Crippen molar-refractivity contribution in [3.8, 4) is 11.1 Å². The highest BCUT2D eigenvalue weighted by Gasteiger charge is 2.25. The predicted octanol–water partition coefficient (Wildman–Crippen LogP) is 6.30. The van der Waals surface area contributed by atoms with E-state index in [4.69, 9.17) is 23.2 Å². The van der Waals surface area contributed by atoms with Gasteiger partial charge in [0.2, 0.25) is 5.28 Å². The first kappa shape index (κ1) is 19.6. The van der Waals surface area contributed by atoms with E-state index in [1.54, 1.807) is 11.3 Å². The molecular formula is C23H20Cl2N4S. The van der Waals surface area contributed by atoms with Gasteiger partial charge in [0.1, 0.15) is 10.6 Å². The summed E-state index contributed by atoms with van der Waals surface area (Å²) in [7, 11) is 0. The van der Waals surface area contributed by atoms with Gasteiger partial charge in [0.25, 0.3) is 0 Å². The second kappa shape index (κ2) is 8.06. The van der Waals surface area contributed by atoms with E-state index in [1.165, 1.54) is 16.0 Å². The third kappa shape index (κ3) is 3.62. The van der Waals surface area contributed by atoms with Crippen molar-refractivity contribution in [2.75, 3.05) is 36.0 Å². The first-order valence-corrected chi connectivity index (χ1v) is 11.4. The lowest BCUT2D eigenvalue weighted by atomic mass is 10.0. The summed E-state index contributed by atoms with van der Waals surface area (Å²) in [5.41, 5.74) is 3.55. The zero-order valence-corrected chi connectivity index (χ0v) is 18.8. The first-order valence-electron chi connectivity index (χ1n) is 9.87. The third-order valence-corrected chi connectivity index (χ3v) is 6.90. The topological polar surface area (TPSA) is 32.3 Å². The van der Waals surface area contributed by atoms with Crippen LogP contribution in [-0.4, -0.2) is 36.1 Å². The van der Waals surface area contributed by atoms with Crippen LogP contribution < -0.4 is 9.80 Å². The van der Waals surface area contributed by atoms with E-state index in [2.05, 4.69) is 57.0 Å². The van der Waals surface area contributed by atoms with Crippen molar-refractivity contribution in [3.63, 3.8) is 0 Å². The third-order valence-electron chi connectivity index (χ3n) is 5.50. The molecule has 4 aromatic rings. The van der Waals surface area contributed by atoms with E-state index >= 15 is 0 Å². The van der Waals surface area contributed by atoms with Gasteiger partial charge in [0.05, 0.1) is 5.39 Å². The van der Waals surface area contributed by atoms with Gasteiger partial charge in [0.15, 0.2) is 0 Å². The number of halogens is 2. The normalized spacial score (nSPS) is 14.5. The molecule has 0 unspecified atom stereocenters. The molecule has 4 nitrogen and oxygen atoms in total. The van der Waals surface area contributed by atoms with Crippen LogP contribution in [0.1, 0.15) is 4.88 Å². The van der Waals surface area contributed by atoms with E-state index in [0.29, 0.717) is 5.28 Å². The van der Waals surface area contributed by atoms with Crippen molar-refractivity contribution in [1.82, 2.24) is 9.97 Å². The molecule has 5 rings (SSSR count). The molecule has 1 saturated heterocycles. The molecule has 0 aliphatic carbocycles. The molecular weight excluding hydrogens is 435 g/mol. The molecule has 1 fully saturated rings. The number of piperazine rings is 1. The van der Waals surface area contributed by atoms with Crippen molar-refractivity contribution in [1.29, 1.82) is 0 Å². The highest BCUT2D eigenvalue weighted by Crippen LogP contribution is 2.42. The largest absolute Gasteiger partial charge is 0.368 e. The zero-order chi connectivity index (χ0) is 20.7. The van der Waals surface area contributed by atoms with Gasteiger partial charge in [-0.3, -0.25) is 0 Å². The van der Waals surface area contributed by atoms with Crippen LogP contribution >= 0.6 is 34.5 Å². The van der Waals surface area contributed by atoms with Crippen LogP contribution in [0.2, 0.25) is 10.3 Å². The maximum Gasteiger partial charge on any atom is 0.225 e. The molecule has 0 radical (unpaired) electrons. The minimum atomic E-state index is 0.302. The molecule has 0 amide bonds. The van der Waals surface area contributed by atoms with Crippen LogP contribution in [0.5, 0.6) is 0 Å². The molecule has 7 heteroatoms. The maximum atomic E-state index is 6.33. The zero-order valence-electron chi connectivity index (χ0n) is 16.5. The highest BCUT2D eigenvalue weighted by molar-refractivity contribution is 7.19. The van der Waals surface area contributed by atoms with Crippen molar-refractivity contribution in [2.24, 2.45) is 0 Å². The van der Waals surface area contributed by atoms with Gasteiger partial charge in [-0.25, -0.2) is 4.98 Å². The van der Waals surface area contributed by atoms with Gasteiger partial charge in [-0.05, 0) is 42.3 Å². The Morgan fingerprint density at radius 1 is 0.867 bits per heavy atom. The number of hydrogen-bond donors (Lipinski definition) is 0. The monoisotopic (exact) mass is 454 g/mol. The molecule has 3 heterocycles. The lowest BCUT2D eigenvalue weighted by Crippen LogP contribution is -2.47. The van der Waals surface area contributed by atoms with Crippen LogP contribution in [0.3, 0.4) is 0 Å². The fourth-order valence-corrected chi connectivity index (χ4v) is 5.54. The van der Waals surface area contributed by atoms with Crippen molar-refractivity contribution in [3.05, 3.63) is 69.8 Å². The van der Waals surface area contributed by atoms with Crippen molar-refractivity contribution < 1.29 is 0 Å². The van der Waals surface area contributed by atoms with E-state index in [-0.39, 0.29) is 0 Å². The Morgan fingerprint density at radius 3 is 2.33 bits per heavy atom. The number of rotatable bonds is 3. The van der Waals surface area contributed by atoms with Crippen LogP contribution in [0, 0.1) is 6.92 Å². The molecule has 2 aromatic carbocycles. The lowest BCUT2D eigenvalue weighted by molar-refractivity contribution is 0.649. The molecule has 2 aromatic heterocycles. The number of aryl methyl sites for hydroxylation is 1. The second-order valence-corrected chi connectivity index (χ2v) is 9.33. The molecule has 1 aliphatic rings. The van der Waals surface area contributed by atoms with Crippen LogP contribution in [0.25, 0.3) is 21.3 Å². The number of hydrogen-bond acceptors (Lipinski definition) is 5. The standard InChI is InChI=1S/C23H20Cl2N4S/c1-15-19(16-6-3-2-4-7-16)20-21(26-23(25)27-22(20)30-15)29-12-10-28(11-13-29)18-9-5-8-17(24)14-18/h2-9,14H,10-13H2,1H3. The number of benzene rings is 2. The van der Waals surface area contributed by atoms with Gasteiger partial charge in [-0.2, -0.15) is 4.98 Å². The smallest absolute Gasteiger partial charge is 0.225 e. The molecule has 0 atom stereocenters. The molecule has 1 aliphatic heterocycles. The van der Waals surface area contributed by atoms with E-state index in [0.717, 1.165) is 52.9 Å². The number of fused-ring (bicyclic) bond motifs is 1. The molecule has 0 saturated carbocycles. The summed E-state index contributed by atoms with van der Waals surface area (Å²) in [5, 5.41) is 2.17. The number of anilines is 2. The fourth-order valence-electron chi connectivity index (χ4n) is 4.10. The fraction of sp³-hybridized carbons (Fsp3) is 0.217. The van der Waals surface area contributed by atoms with Crippen LogP contribution in [0.4, 0.5) is 11.5 Å². The molecule has 0 N–H and O–H groups in total. The van der Waals surface area contributed by atoms with E-state index in [9.17, 15) is 0 Å². The van der Waals surface area contributed by atoms with Gasteiger partial charge < -0.3 is 9.80 Å². The summed E-state index contributed by atoms with van der Waals surface area (Å²) >= 11 is 14.2. The summed E-state index contributed by atoms with van der Waals surface area (Å²) in [6.45, 7) is 5.65. The predicted molar refractivity (Wildman–Crippen MR) is 128 cm³/mol. The average molecular weight is 455 g/mol. The first-order chi connectivity index (χ1) is 14.6. The number of nitrogens with zero attached hydrogens (tertiary/aromatic N) is 4. The Kier molecular flexibility index (Phi) is 5.27. The Balaban J connectivity index is 1.52. The van der Waals surface area contributed by atoms with Gasteiger partial charge >= 0.3 is 0 Å². The van der Waals surface area contributed by atoms with Gasteiger partial charge in [0, 0.05) is 47.3 Å². The van der Waals surface area contributed by atoms with Crippen LogP contribution in [0.15, 0.2) is 54.6 Å². The summed E-state index contributed by atoms with van der Waals surface area (Å²) in [4.78, 5) is 16.1. The SMILES string of the molecule is Cc1sc2nc(Cl)nc(N3CCN(c4cccc(Cl)c4)CC3)c2c1-c1ccccc1. The molecule has 30 heavy (non-hydrogen) atoms. The Hall–Kier alpha value is -2.34. The summed E-state index contributed by atoms with van der Waals surface area (Å²) in [6.07, 6.45) is 0. The molecule has 152 valence electrons. The van der Waals surface area contributed by atoms with Crippen molar-refractivity contribution >= 4 is 56.3 Å². The highest BCUT2D eigenvalue weighted by atomic mass is 35.5. The molecule has 0 bridgehead atoms. The summed E-state index contributed by atoms with van der Waals surface area (Å²) < 4.78 is 0.